The normalized spacial score (nSPS) is 17.0. The third kappa shape index (κ3) is 4.36. The van der Waals surface area contributed by atoms with Crippen LogP contribution in [0.1, 0.15) is 25.3 Å². The molecule has 1 N–H and O–H groups in total. The van der Waals surface area contributed by atoms with Crippen molar-refractivity contribution in [1.29, 1.82) is 0 Å². The molecule has 0 radical (unpaired) electrons. The summed E-state index contributed by atoms with van der Waals surface area (Å²) in [6.07, 6.45) is -2.06. The lowest BCUT2D eigenvalue weighted by molar-refractivity contribution is -0.137. The Morgan fingerprint density at radius 2 is 1.95 bits per heavy atom. The molecule has 0 atom stereocenters. The SMILES string of the molecule is CCN(CC1CCNCC1)c1ccc(C(F)(F)F)cc1Br. The highest BCUT2D eigenvalue weighted by molar-refractivity contribution is 9.10. The molecule has 0 aromatic heterocycles. The van der Waals surface area contributed by atoms with Crippen LogP contribution in [0.4, 0.5) is 18.9 Å². The Bertz CT molecular complexity index is 470. The number of hydrogen-bond acceptors (Lipinski definition) is 2. The van der Waals surface area contributed by atoms with Crippen molar-refractivity contribution in [1.82, 2.24) is 5.32 Å². The fourth-order valence-corrected chi connectivity index (χ4v) is 3.34. The number of benzene rings is 1. The molecule has 0 amide bonds. The molecule has 1 heterocycles. The van der Waals surface area contributed by atoms with E-state index in [4.69, 9.17) is 0 Å². The molecule has 0 saturated carbocycles. The van der Waals surface area contributed by atoms with E-state index in [0.717, 1.165) is 50.8 Å². The fraction of sp³-hybridized carbons (Fsp3) is 0.600. The zero-order valence-electron chi connectivity index (χ0n) is 12.0. The number of piperidine rings is 1. The first kappa shape index (κ1) is 16.6. The maximum Gasteiger partial charge on any atom is 0.416 e. The van der Waals surface area contributed by atoms with Gasteiger partial charge in [-0.1, -0.05) is 0 Å². The molecule has 118 valence electrons. The van der Waals surface area contributed by atoms with Crippen molar-refractivity contribution in [3.8, 4) is 0 Å². The van der Waals surface area contributed by atoms with Crippen LogP contribution in [0.3, 0.4) is 0 Å². The summed E-state index contributed by atoms with van der Waals surface area (Å²) in [5, 5.41) is 3.33. The minimum atomic E-state index is -4.30. The van der Waals surface area contributed by atoms with Crippen LogP contribution in [0.25, 0.3) is 0 Å². The van der Waals surface area contributed by atoms with Gasteiger partial charge >= 0.3 is 6.18 Å². The Kier molecular flexibility index (Phi) is 5.54. The number of halogens is 4. The Hall–Kier alpha value is -0.750. The second-order valence-corrected chi connectivity index (χ2v) is 6.25. The Labute approximate surface area is 131 Å². The summed E-state index contributed by atoms with van der Waals surface area (Å²) in [6.45, 7) is 5.76. The monoisotopic (exact) mass is 364 g/mol. The third-order valence-electron chi connectivity index (χ3n) is 3.93. The van der Waals surface area contributed by atoms with Crippen molar-refractivity contribution in [3.05, 3.63) is 28.2 Å². The van der Waals surface area contributed by atoms with Crippen molar-refractivity contribution < 1.29 is 13.2 Å². The number of anilines is 1. The second kappa shape index (κ2) is 7.01. The van der Waals surface area contributed by atoms with Crippen LogP contribution in [0, 0.1) is 5.92 Å². The molecule has 2 nitrogen and oxygen atoms in total. The molecule has 0 bridgehead atoms. The maximum absolute atomic E-state index is 12.7. The van der Waals surface area contributed by atoms with E-state index < -0.39 is 11.7 Å². The quantitative estimate of drug-likeness (QED) is 0.856. The molecule has 0 aliphatic carbocycles. The third-order valence-corrected chi connectivity index (χ3v) is 4.57. The van der Waals surface area contributed by atoms with Crippen LogP contribution in [-0.4, -0.2) is 26.2 Å². The number of rotatable bonds is 4. The number of alkyl halides is 3. The van der Waals surface area contributed by atoms with Crippen molar-refractivity contribution in [2.75, 3.05) is 31.1 Å². The molecule has 21 heavy (non-hydrogen) atoms. The van der Waals surface area contributed by atoms with Crippen LogP contribution < -0.4 is 10.2 Å². The predicted octanol–water partition coefficient (Wildman–Crippen LogP) is 4.29. The highest BCUT2D eigenvalue weighted by Gasteiger charge is 2.31. The van der Waals surface area contributed by atoms with Crippen molar-refractivity contribution in [2.24, 2.45) is 5.92 Å². The van der Waals surface area contributed by atoms with Crippen LogP contribution in [0.5, 0.6) is 0 Å². The van der Waals surface area contributed by atoms with Gasteiger partial charge in [0.25, 0.3) is 0 Å². The van der Waals surface area contributed by atoms with Crippen LogP contribution in [0.15, 0.2) is 22.7 Å². The van der Waals surface area contributed by atoms with Gasteiger partial charge in [-0.25, -0.2) is 0 Å². The zero-order chi connectivity index (χ0) is 15.5. The number of hydrogen-bond donors (Lipinski definition) is 1. The molecule has 1 saturated heterocycles. The number of nitrogens with zero attached hydrogens (tertiary/aromatic N) is 1. The second-order valence-electron chi connectivity index (χ2n) is 5.40. The van der Waals surface area contributed by atoms with Crippen LogP contribution in [-0.2, 0) is 6.18 Å². The lowest BCUT2D eigenvalue weighted by Crippen LogP contribution is -2.36. The molecule has 1 aromatic carbocycles. The molecule has 0 unspecified atom stereocenters. The first-order valence-electron chi connectivity index (χ1n) is 7.24. The largest absolute Gasteiger partial charge is 0.416 e. The average Bonchev–Trinajstić information content (AvgIpc) is 2.45. The Morgan fingerprint density at radius 3 is 2.48 bits per heavy atom. The van der Waals surface area contributed by atoms with E-state index in [1.54, 1.807) is 6.07 Å². The smallest absolute Gasteiger partial charge is 0.371 e. The fourth-order valence-electron chi connectivity index (χ4n) is 2.71. The van der Waals surface area contributed by atoms with Crippen molar-refractivity contribution >= 4 is 21.6 Å². The van der Waals surface area contributed by atoms with Gasteiger partial charge in [0, 0.05) is 17.6 Å². The minimum Gasteiger partial charge on any atom is -0.371 e. The van der Waals surface area contributed by atoms with Gasteiger partial charge in [-0.15, -0.1) is 0 Å². The summed E-state index contributed by atoms with van der Waals surface area (Å²) < 4.78 is 38.6. The summed E-state index contributed by atoms with van der Waals surface area (Å²) in [4.78, 5) is 2.15. The molecule has 1 aliphatic rings. The highest BCUT2D eigenvalue weighted by Crippen LogP contribution is 2.35. The van der Waals surface area contributed by atoms with Gasteiger partial charge in [0.1, 0.15) is 0 Å². The maximum atomic E-state index is 12.7. The topological polar surface area (TPSA) is 15.3 Å². The van der Waals surface area contributed by atoms with E-state index in [-0.39, 0.29) is 0 Å². The van der Waals surface area contributed by atoms with E-state index in [0.29, 0.717) is 10.4 Å². The molecule has 0 spiro atoms. The highest BCUT2D eigenvalue weighted by atomic mass is 79.9. The average molecular weight is 365 g/mol. The molecular weight excluding hydrogens is 345 g/mol. The van der Waals surface area contributed by atoms with Gasteiger partial charge in [-0.05, 0) is 72.9 Å². The summed E-state index contributed by atoms with van der Waals surface area (Å²) in [5.41, 5.74) is 0.222. The zero-order valence-corrected chi connectivity index (χ0v) is 13.6. The molecule has 1 aromatic rings. The van der Waals surface area contributed by atoms with Crippen LogP contribution in [0.2, 0.25) is 0 Å². The molecule has 2 rings (SSSR count). The van der Waals surface area contributed by atoms with Gasteiger partial charge in [-0.3, -0.25) is 0 Å². The minimum absolute atomic E-state index is 0.508. The van der Waals surface area contributed by atoms with E-state index >= 15 is 0 Å². The van der Waals surface area contributed by atoms with E-state index in [2.05, 4.69) is 26.1 Å². The number of nitrogens with one attached hydrogen (secondary N) is 1. The standard InChI is InChI=1S/C15H20BrF3N2/c1-2-21(10-11-5-7-20-8-6-11)14-4-3-12(9-13(14)16)15(17,18)19/h3-4,9,11,20H,2,5-8,10H2,1H3. The summed E-state index contributed by atoms with van der Waals surface area (Å²) >= 11 is 3.29. The van der Waals surface area contributed by atoms with Crippen molar-refractivity contribution in [3.63, 3.8) is 0 Å². The first-order valence-corrected chi connectivity index (χ1v) is 8.03. The lowest BCUT2D eigenvalue weighted by Gasteiger charge is -2.31. The van der Waals surface area contributed by atoms with E-state index in [1.807, 2.05) is 6.92 Å². The lowest BCUT2D eigenvalue weighted by atomic mass is 9.97. The summed E-state index contributed by atoms with van der Waals surface area (Å²) in [5.74, 6) is 0.598. The van der Waals surface area contributed by atoms with E-state index in [9.17, 15) is 13.2 Å². The summed E-state index contributed by atoms with van der Waals surface area (Å²) in [6, 6.07) is 3.89. The van der Waals surface area contributed by atoms with Gasteiger partial charge in [-0.2, -0.15) is 13.2 Å². The Balaban J connectivity index is 2.14. The van der Waals surface area contributed by atoms with E-state index in [1.165, 1.54) is 6.07 Å². The Morgan fingerprint density at radius 1 is 1.29 bits per heavy atom. The molecule has 1 aliphatic heterocycles. The van der Waals surface area contributed by atoms with Gasteiger partial charge < -0.3 is 10.2 Å². The predicted molar refractivity (Wildman–Crippen MR) is 82.6 cm³/mol. The summed E-state index contributed by atoms with van der Waals surface area (Å²) in [7, 11) is 0. The van der Waals surface area contributed by atoms with Gasteiger partial charge in [0.05, 0.1) is 11.3 Å². The molecule has 1 fully saturated rings. The van der Waals surface area contributed by atoms with Crippen molar-refractivity contribution in [2.45, 2.75) is 25.9 Å². The molecular formula is C15H20BrF3N2. The molecule has 6 heteroatoms. The van der Waals surface area contributed by atoms with Gasteiger partial charge in [0.15, 0.2) is 0 Å². The van der Waals surface area contributed by atoms with Crippen LogP contribution >= 0.6 is 15.9 Å². The first-order chi connectivity index (χ1) is 9.91. The van der Waals surface area contributed by atoms with Gasteiger partial charge in [0.2, 0.25) is 0 Å².